The van der Waals surface area contributed by atoms with Crippen molar-refractivity contribution in [3.05, 3.63) is 259 Å². The minimum Gasteiger partial charge on any atom is -0.310 e. The van der Waals surface area contributed by atoms with Crippen molar-refractivity contribution in [2.24, 2.45) is 0 Å². The van der Waals surface area contributed by atoms with Gasteiger partial charge in [-0.2, -0.15) is 0 Å². The second-order valence-corrected chi connectivity index (χ2v) is 18.0. The predicted molar refractivity (Wildman–Crippen MR) is 273 cm³/mol. The van der Waals surface area contributed by atoms with E-state index in [2.05, 4.69) is 254 Å². The molecule has 0 spiro atoms. The Labute approximate surface area is 378 Å². The zero-order chi connectivity index (χ0) is 42.6. The van der Waals surface area contributed by atoms with E-state index < -0.39 is 0 Å². The van der Waals surface area contributed by atoms with Gasteiger partial charge in [-0.3, -0.25) is 0 Å². The molecular formula is C62H43NS. The highest BCUT2D eigenvalue weighted by molar-refractivity contribution is 7.25. The number of anilines is 3. The summed E-state index contributed by atoms with van der Waals surface area (Å²) in [7, 11) is 0. The Kier molecular flexibility index (Phi) is 9.21. The second kappa shape index (κ2) is 15.5. The summed E-state index contributed by atoms with van der Waals surface area (Å²) in [6.45, 7) is 2.39. The van der Waals surface area contributed by atoms with Crippen LogP contribution in [0.3, 0.4) is 0 Å². The standard InChI is InChI=1S/C62H43NS/c1-62(45-20-6-3-7-21-45)57-29-15-12-26-52(57)53-38-34-44(40-58(53)62)42-32-35-46(36-33-42)63(47-37-39-56-55-28-14-17-31-60(55)64-61(56)41-47)59-30-16-13-27-54(59)51-25-11-10-24-50(51)49-23-9-8-22-48(49)43-18-4-2-5-19-43/h2-41H,1H3. The van der Waals surface area contributed by atoms with E-state index in [1.54, 1.807) is 0 Å². The largest absolute Gasteiger partial charge is 0.310 e. The molecule has 1 aromatic heterocycles. The highest BCUT2D eigenvalue weighted by atomic mass is 32.1. The Balaban J connectivity index is 1.01. The van der Waals surface area contributed by atoms with Crippen LogP contribution in [0.15, 0.2) is 243 Å². The molecular weight excluding hydrogens is 791 g/mol. The lowest BCUT2D eigenvalue weighted by atomic mass is 9.74. The first kappa shape index (κ1) is 37.9. The first-order valence-electron chi connectivity index (χ1n) is 22.1. The summed E-state index contributed by atoms with van der Waals surface area (Å²) in [5, 5.41) is 2.59. The Bertz CT molecular complexity index is 3510. The summed E-state index contributed by atoms with van der Waals surface area (Å²) in [6.07, 6.45) is 0. The molecule has 0 aliphatic heterocycles. The molecule has 11 aromatic rings. The number of fused-ring (bicyclic) bond motifs is 6. The first-order chi connectivity index (χ1) is 31.6. The Morgan fingerprint density at radius 2 is 0.859 bits per heavy atom. The third kappa shape index (κ3) is 6.21. The molecule has 302 valence electrons. The van der Waals surface area contributed by atoms with Gasteiger partial charge in [0.2, 0.25) is 0 Å². The molecule has 2 heteroatoms. The van der Waals surface area contributed by atoms with E-state index in [1.165, 1.54) is 92.5 Å². The molecule has 0 saturated heterocycles. The van der Waals surface area contributed by atoms with Crippen molar-refractivity contribution in [1.29, 1.82) is 0 Å². The Hall–Kier alpha value is -7.78. The lowest BCUT2D eigenvalue weighted by molar-refractivity contribution is 0.714. The lowest BCUT2D eigenvalue weighted by Crippen LogP contribution is -2.22. The van der Waals surface area contributed by atoms with Crippen LogP contribution < -0.4 is 4.90 Å². The van der Waals surface area contributed by atoms with Gasteiger partial charge in [0, 0.05) is 42.5 Å². The molecule has 64 heavy (non-hydrogen) atoms. The van der Waals surface area contributed by atoms with Crippen LogP contribution in [0.4, 0.5) is 17.1 Å². The van der Waals surface area contributed by atoms with Crippen molar-refractivity contribution in [2.75, 3.05) is 4.90 Å². The summed E-state index contributed by atoms with van der Waals surface area (Å²) < 4.78 is 2.58. The average molecular weight is 834 g/mol. The van der Waals surface area contributed by atoms with Gasteiger partial charge in [-0.25, -0.2) is 0 Å². The molecule has 0 fully saturated rings. The van der Waals surface area contributed by atoms with Crippen LogP contribution >= 0.6 is 11.3 Å². The van der Waals surface area contributed by atoms with Gasteiger partial charge in [0.15, 0.2) is 0 Å². The van der Waals surface area contributed by atoms with Crippen LogP contribution in [0, 0.1) is 0 Å². The third-order valence-corrected chi connectivity index (χ3v) is 14.5. The third-order valence-electron chi connectivity index (χ3n) is 13.4. The van der Waals surface area contributed by atoms with E-state index >= 15 is 0 Å². The van der Waals surface area contributed by atoms with E-state index in [1.807, 2.05) is 11.3 Å². The van der Waals surface area contributed by atoms with Gasteiger partial charge in [0.1, 0.15) is 0 Å². The van der Waals surface area contributed by atoms with Gasteiger partial charge < -0.3 is 4.90 Å². The van der Waals surface area contributed by atoms with Crippen molar-refractivity contribution >= 4 is 48.6 Å². The second-order valence-electron chi connectivity index (χ2n) is 16.9. The number of hydrogen-bond acceptors (Lipinski definition) is 2. The van der Waals surface area contributed by atoms with E-state index in [0.29, 0.717) is 0 Å². The van der Waals surface area contributed by atoms with Crippen LogP contribution in [0.2, 0.25) is 0 Å². The first-order valence-corrected chi connectivity index (χ1v) is 22.9. The zero-order valence-corrected chi connectivity index (χ0v) is 36.3. The molecule has 1 atom stereocenters. The minimum atomic E-state index is -0.257. The highest BCUT2D eigenvalue weighted by Gasteiger charge is 2.40. The monoisotopic (exact) mass is 833 g/mol. The maximum atomic E-state index is 2.45. The Morgan fingerprint density at radius 3 is 1.62 bits per heavy atom. The number of hydrogen-bond donors (Lipinski definition) is 0. The smallest absolute Gasteiger partial charge is 0.0540 e. The van der Waals surface area contributed by atoms with Crippen molar-refractivity contribution in [2.45, 2.75) is 12.3 Å². The fraction of sp³-hybridized carbons (Fsp3) is 0.0323. The van der Waals surface area contributed by atoms with Gasteiger partial charge in [-0.15, -0.1) is 11.3 Å². The van der Waals surface area contributed by atoms with Crippen LogP contribution in [-0.4, -0.2) is 0 Å². The van der Waals surface area contributed by atoms with Gasteiger partial charge in [-0.05, 0) is 116 Å². The van der Waals surface area contributed by atoms with E-state index in [-0.39, 0.29) is 5.41 Å². The molecule has 0 amide bonds. The summed E-state index contributed by atoms with van der Waals surface area (Å²) in [5.74, 6) is 0. The quantitative estimate of drug-likeness (QED) is 0.147. The van der Waals surface area contributed by atoms with E-state index in [0.717, 1.165) is 17.1 Å². The summed E-state index contributed by atoms with van der Waals surface area (Å²) in [4.78, 5) is 2.45. The fourth-order valence-corrected chi connectivity index (χ4v) is 11.4. The van der Waals surface area contributed by atoms with Gasteiger partial charge >= 0.3 is 0 Å². The molecule has 1 nitrogen and oxygen atoms in total. The SMILES string of the molecule is CC1(c2ccccc2)c2ccccc2-c2ccc(-c3ccc(N(c4ccc5c(c4)sc4ccccc45)c4ccccc4-c4ccccc4-c4ccccc4-c4ccccc4)cc3)cc21. The lowest BCUT2D eigenvalue weighted by Gasteiger charge is -2.29. The number of rotatable bonds is 8. The molecule has 1 aliphatic carbocycles. The van der Waals surface area contributed by atoms with Crippen molar-refractivity contribution in [1.82, 2.24) is 0 Å². The van der Waals surface area contributed by atoms with Gasteiger partial charge in [0.05, 0.1) is 5.69 Å². The predicted octanol–water partition coefficient (Wildman–Crippen LogP) is 17.5. The number of para-hydroxylation sites is 1. The number of nitrogens with zero attached hydrogens (tertiary/aromatic N) is 1. The van der Waals surface area contributed by atoms with E-state index in [4.69, 9.17) is 0 Å². The average Bonchev–Trinajstić information content (AvgIpc) is 3.87. The van der Waals surface area contributed by atoms with Crippen molar-refractivity contribution in [3.8, 4) is 55.6 Å². The van der Waals surface area contributed by atoms with Crippen molar-refractivity contribution in [3.63, 3.8) is 0 Å². The highest BCUT2D eigenvalue weighted by Crippen LogP contribution is 2.53. The summed E-state index contributed by atoms with van der Waals surface area (Å²) >= 11 is 1.86. The normalized spacial score (nSPS) is 14.1. The molecule has 12 rings (SSSR count). The number of thiophene rings is 1. The number of benzene rings is 10. The molecule has 0 saturated carbocycles. The summed E-state index contributed by atoms with van der Waals surface area (Å²) in [6, 6.07) is 89.2. The maximum absolute atomic E-state index is 2.45. The maximum Gasteiger partial charge on any atom is 0.0540 e. The van der Waals surface area contributed by atoms with Crippen molar-refractivity contribution < 1.29 is 0 Å². The van der Waals surface area contributed by atoms with Crippen LogP contribution in [0.5, 0.6) is 0 Å². The van der Waals surface area contributed by atoms with Crippen LogP contribution in [0.1, 0.15) is 23.6 Å². The molecule has 10 aromatic carbocycles. The van der Waals surface area contributed by atoms with Crippen LogP contribution in [0.25, 0.3) is 75.8 Å². The molecule has 1 aliphatic rings. The zero-order valence-electron chi connectivity index (χ0n) is 35.4. The Morgan fingerprint density at radius 1 is 0.328 bits per heavy atom. The molecule has 1 heterocycles. The fourth-order valence-electron chi connectivity index (χ4n) is 10.3. The molecule has 0 radical (unpaired) electrons. The molecule has 0 bridgehead atoms. The molecule has 0 N–H and O–H groups in total. The minimum absolute atomic E-state index is 0.257. The summed E-state index contributed by atoms with van der Waals surface area (Å²) in [5.41, 5.74) is 19.3. The topological polar surface area (TPSA) is 3.24 Å². The molecule has 1 unspecified atom stereocenters. The van der Waals surface area contributed by atoms with Crippen LogP contribution in [-0.2, 0) is 5.41 Å². The van der Waals surface area contributed by atoms with Gasteiger partial charge in [-0.1, -0.05) is 200 Å². The van der Waals surface area contributed by atoms with Gasteiger partial charge in [0.25, 0.3) is 0 Å². The van der Waals surface area contributed by atoms with E-state index in [9.17, 15) is 0 Å².